The number of H-pyrrole nitrogens is 1. The number of pyridine rings is 1. The van der Waals surface area contributed by atoms with Gasteiger partial charge in [-0.05, 0) is 75.3 Å². The zero-order chi connectivity index (χ0) is 27.6. The maximum atomic E-state index is 14.3. The molecule has 11 heteroatoms. The van der Waals surface area contributed by atoms with E-state index in [2.05, 4.69) is 37.0 Å². The third-order valence-electron chi connectivity index (χ3n) is 7.33. The summed E-state index contributed by atoms with van der Waals surface area (Å²) in [5.74, 6) is -0.0373. The molecule has 1 fully saturated rings. The lowest BCUT2D eigenvalue weighted by Gasteiger charge is -2.30. The molecule has 1 aliphatic rings. The molecule has 0 radical (unpaired) electrons. The van der Waals surface area contributed by atoms with Gasteiger partial charge < -0.3 is 15.7 Å². The van der Waals surface area contributed by atoms with E-state index in [-0.39, 0.29) is 12.6 Å². The summed E-state index contributed by atoms with van der Waals surface area (Å²) in [4.78, 5) is 17.7. The van der Waals surface area contributed by atoms with Crippen LogP contribution in [0.2, 0.25) is 0 Å². The molecule has 0 unspecified atom stereocenters. The molecular formula is C28H31FN8O2. The van der Waals surface area contributed by atoms with Crippen LogP contribution in [-0.4, -0.2) is 60.2 Å². The molecule has 0 aromatic carbocycles. The van der Waals surface area contributed by atoms with Gasteiger partial charge in [-0.15, -0.1) is 0 Å². The summed E-state index contributed by atoms with van der Waals surface area (Å²) in [6.07, 6.45) is 8.95. The first-order valence-electron chi connectivity index (χ1n) is 13.0. The zero-order valence-electron chi connectivity index (χ0n) is 21.9. The number of hydrogen-bond donors (Lipinski definition) is 4. The van der Waals surface area contributed by atoms with Crippen molar-refractivity contribution in [3.63, 3.8) is 0 Å². The van der Waals surface area contributed by atoms with Gasteiger partial charge in [-0.3, -0.25) is 14.9 Å². The first-order chi connectivity index (χ1) is 18.7. The Morgan fingerprint density at radius 3 is 2.74 bits per heavy atom. The number of carbonyl (C=O) groups is 1. The fourth-order valence-electron chi connectivity index (χ4n) is 4.95. The van der Waals surface area contributed by atoms with Gasteiger partial charge >= 0.3 is 0 Å². The standard InChI is InChI=1S/C28H31FN8O2/c1-28(2,39)26(29)16-32-27(38)22-15-31-24(25-8-7-21-9-17(11-30)12-35-37(21)25)10-23(22)36-20-5-3-18(4-6-20)19-13-33-34-14-19/h7-10,12-15,18,20,26,39H,3-6,16H2,1-2H3,(H,31,36)(H,32,38)(H,33,34)/t18-,20-,26-/m1/s1. The lowest BCUT2D eigenvalue weighted by Crippen LogP contribution is -2.42. The van der Waals surface area contributed by atoms with Crippen molar-refractivity contribution in [1.82, 2.24) is 30.1 Å². The van der Waals surface area contributed by atoms with Gasteiger partial charge in [-0.2, -0.15) is 15.5 Å². The largest absolute Gasteiger partial charge is 0.387 e. The Labute approximate surface area is 225 Å². The molecule has 0 bridgehead atoms. The number of nitriles is 1. The van der Waals surface area contributed by atoms with E-state index in [1.54, 1.807) is 10.6 Å². The molecule has 39 heavy (non-hydrogen) atoms. The van der Waals surface area contributed by atoms with Gasteiger partial charge in [0.05, 0.1) is 58.3 Å². The van der Waals surface area contributed by atoms with Gasteiger partial charge in [0.1, 0.15) is 12.2 Å². The highest BCUT2D eigenvalue weighted by Crippen LogP contribution is 2.34. The van der Waals surface area contributed by atoms with Crippen LogP contribution in [0.4, 0.5) is 10.1 Å². The van der Waals surface area contributed by atoms with E-state index < -0.39 is 17.7 Å². The maximum absolute atomic E-state index is 14.3. The normalized spacial score (nSPS) is 18.4. The van der Waals surface area contributed by atoms with Crippen molar-refractivity contribution >= 4 is 17.1 Å². The Morgan fingerprint density at radius 1 is 1.26 bits per heavy atom. The van der Waals surface area contributed by atoms with Crippen LogP contribution in [0.3, 0.4) is 0 Å². The smallest absolute Gasteiger partial charge is 0.255 e. The summed E-state index contributed by atoms with van der Waals surface area (Å²) in [6, 6.07) is 9.50. The van der Waals surface area contributed by atoms with Crippen LogP contribution >= 0.6 is 0 Å². The van der Waals surface area contributed by atoms with E-state index in [0.29, 0.717) is 34.1 Å². The molecule has 1 aliphatic carbocycles. The minimum Gasteiger partial charge on any atom is -0.387 e. The molecular weight excluding hydrogens is 499 g/mol. The van der Waals surface area contributed by atoms with E-state index >= 15 is 0 Å². The summed E-state index contributed by atoms with van der Waals surface area (Å²) in [5.41, 5.74) is 3.03. The van der Waals surface area contributed by atoms with Gasteiger partial charge in [0.25, 0.3) is 5.91 Å². The van der Waals surface area contributed by atoms with Crippen molar-refractivity contribution < 1.29 is 14.3 Å². The number of nitrogens with zero attached hydrogens (tertiary/aromatic N) is 5. The number of aromatic nitrogens is 5. The summed E-state index contributed by atoms with van der Waals surface area (Å²) in [6.45, 7) is 2.40. The Hall–Kier alpha value is -4.30. The number of aliphatic hydroxyl groups is 1. The number of anilines is 1. The quantitative estimate of drug-likeness (QED) is 0.270. The molecule has 1 saturated carbocycles. The van der Waals surface area contributed by atoms with Crippen molar-refractivity contribution in [2.45, 2.75) is 63.3 Å². The lowest BCUT2D eigenvalue weighted by molar-refractivity contribution is -0.00177. The number of hydrogen-bond acceptors (Lipinski definition) is 7. The Bertz CT molecular complexity index is 1490. The third-order valence-corrected chi connectivity index (χ3v) is 7.33. The van der Waals surface area contributed by atoms with E-state index in [1.165, 1.54) is 31.8 Å². The van der Waals surface area contributed by atoms with Crippen LogP contribution < -0.4 is 10.6 Å². The number of amides is 1. The van der Waals surface area contributed by atoms with Gasteiger partial charge in [0, 0.05) is 18.4 Å². The Morgan fingerprint density at radius 2 is 2.05 bits per heavy atom. The topological polar surface area (TPSA) is 144 Å². The molecule has 1 atom stereocenters. The van der Waals surface area contributed by atoms with Crippen LogP contribution in [0.5, 0.6) is 0 Å². The second-order valence-corrected chi connectivity index (χ2v) is 10.6. The molecule has 4 aromatic rings. The highest BCUT2D eigenvalue weighted by molar-refractivity contribution is 6.00. The fraction of sp³-hybridized carbons (Fsp3) is 0.393. The molecule has 0 aliphatic heterocycles. The SMILES string of the molecule is CC(C)(O)[C@H](F)CNC(=O)c1cnc(-c2ccc3cc(C#N)cnn23)cc1N[C@H]1CC[C@H](c2cn[nH]c2)CC1. The molecule has 5 rings (SSSR count). The van der Waals surface area contributed by atoms with Crippen LogP contribution in [-0.2, 0) is 0 Å². The molecule has 0 saturated heterocycles. The second kappa shape index (κ2) is 10.8. The first-order valence-corrected chi connectivity index (χ1v) is 13.0. The van der Waals surface area contributed by atoms with E-state index in [9.17, 15) is 19.6 Å². The molecule has 4 N–H and O–H groups in total. The summed E-state index contributed by atoms with van der Waals surface area (Å²) >= 11 is 0. The summed E-state index contributed by atoms with van der Waals surface area (Å²) in [5, 5.41) is 36.6. The number of aromatic amines is 1. The van der Waals surface area contributed by atoms with Crippen molar-refractivity contribution in [1.29, 1.82) is 5.26 Å². The minimum absolute atomic E-state index is 0.139. The van der Waals surface area contributed by atoms with Crippen molar-refractivity contribution in [2.24, 2.45) is 0 Å². The number of fused-ring (bicyclic) bond motifs is 1. The zero-order valence-corrected chi connectivity index (χ0v) is 21.9. The Kier molecular flexibility index (Phi) is 7.30. The second-order valence-electron chi connectivity index (χ2n) is 10.6. The van der Waals surface area contributed by atoms with E-state index in [4.69, 9.17) is 0 Å². The molecule has 202 valence electrons. The molecule has 1 amide bonds. The maximum Gasteiger partial charge on any atom is 0.255 e. The van der Waals surface area contributed by atoms with Crippen LogP contribution in [0.15, 0.2) is 49.1 Å². The molecule has 10 nitrogen and oxygen atoms in total. The predicted molar refractivity (Wildman–Crippen MR) is 144 cm³/mol. The number of halogens is 1. The Balaban J connectivity index is 1.41. The van der Waals surface area contributed by atoms with Crippen LogP contribution in [0.25, 0.3) is 16.9 Å². The van der Waals surface area contributed by atoms with Crippen molar-refractivity contribution in [3.05, 3.63) is 65.7 Å². The van der Waals surface area contributed by atoms with E-state index in [0.717, 1.165) is 31.2 Å². The van der Waals surface area contributed by atoms with Gasteiger partial charge in [-0.1, -0.05) is 0 Å². The lowest BCUT2D eigenvalue weighted by atomic mass is 9.83. The first kappa shape index (κ1) is 26.3. The van der Waals surface area contributed by atoms with Gasteiger partial charge in [-0.25, -0.2) is 8.91 Å². The molecule has 4 heterocycles. The van der Waals surface area contributed by atoms with Gasteiger partial charge in [0.2, 0.25) is 0 Å². The number of rotatable bonds is 8. The molecule has 0 spiro atoms. The average molecular weight is 531 g/mol. The third kappa shape index (κ3) is 5.76. The van der Waals surface area contributed by atoms with Crippen molar-refractivity contribution in [2.75, 3.05) is 11.9 Å². The monoisotopic (exact) mass is 530 g/mol. The number of alkyl halides is 1. The number of nitrogens with one attached hydrogen (secondary N) is 3. The minimum atomic E-state index is -1.63. The highest BCUT2D eigenvalue weighted by Gasteiger charge is 2.28. The average Bonchev–Trinajstić information content (AvgIpc) is 3.61. The van der Waals surface area contributed by atoms with E-state index in [1.807, 2.05) is 30.6 Å². The summed E-state index contributed by atoms with van der Waals surface area (Å²) < 4.78 is 16.0. The predicted octanol–water partition coefficient (Wildman–Crippen LogP) is 3.97. The van der Waals surface area contributed by atoms with Crippen LogP contribution in [0, 0.1) is 11.3 Å². The molecule has 4 aromatic heterocycles. The summed E-state index contributed by atoms with van der Waals surface area (Å²) in [7, 11) is 0. The fourth-order valence-corrected chi connectivity index (χ4v) is 4.95. The van der Waals surface area contributed by atoms with Crippen molar-refractivity contribution in [3.8, 4) is 17.5 Å². The van der Waals surface area contributed by atoms with Crippen LogP contribution in [0.1, 0.15) is 66.9 Å². The van der Waals surface area contributed by atoms with Gasteiger partial charge in [0.15, 0.2) is 0 Å². The number of carbonyl (C=O) groups excluding carboxylic acids is 1. The highest BCUT2D eigenvalue weighted by atomic mass is 19.1.